The minimum Gasteiger partial charge on any atom is -0.139 e. The number of thioether (sulfide) groups is 1. The summed E-state index contributed by atoms with van der Waals surface area (Å²) in [6, 6.07) is 14.5. The second-order valence-electron chi connectivity index (χ2n) is 14.9. The van der Waals surface area contributed by atoms with Crippen molar-refractivity contribution in [2.45, 2.75) is 106 Å². The second kappa shape index (κ2) is 16.3. The van der Waals surface area contributed by atoms with Crippen molar-refractivity contribution >= 4 is 112 Å². The van der Waals surface area contributed by atoms with E-state index >= 15 is 0 Å². The first-order chi connectivity index (χ1) is 23.0. The van der Waals surface area contributed by atoms with Gasteiger partial charge in [0.1, 0.15) is 0 Å². The highest BCUT2D eigenvalue weighted by atomic mass is 32.2. The Bertz CT molecular complexity index is 2000. The van der Waals surface area contributed by atoms with Crippen LogP contribution in [0.2, 0.25) is 0 Å². The van der Waals surface area contributed by atoms with Crippen molar-refractivity contribution in [1.82, 2.24) is 0 Å². The van der Waals surface area contributed by atoms with Crippen LogP contribution in [0.3, 0.4) is 0 Å². The molecule has 0 bridgehead atoms. The Labute approximate surface area is 313 Å². The summed E-state index contributed by atoms with van der Waals surface area (Å²) < 4.78 is 8.49. The fourth-order valence-electron chi connectivity index (χ4n) is 6.61. The van der Waals surface area contributed by atoms with Crippen molar-refractivity contribution in [2.75, 3.05) is 0 Å². The van der Waals surface area contributed by atoms with Gasteiger partial charge in [-0.15, -0.1) is 56.7 Å². The van der Waals surface area contributed by atoms with Crippen LogP contribution < -0.4 is 0 Å². The molecule has 5 heterocycles. The third-order valence-corrected chi connectivity index (χ3v) is 16.9. The Hall–Kier alpha value is -1.41. The van der Waals surface area contributed by atoms with Crippen molar-refractivity contribution in [2.24, 2.45) is 23.7 Å². The van der Waals surface area contributed by atoms with Crippen molar-refractivity contribution in [3.05, 3.63) is 64.2 Å². The van der Waals surface area contributed by atoms with Crippen LogP contribution in [0.25, 0.3) is 53.6 Å². The van der Waals surface area contributed by atoms with E-state index in [1.165, 1.54) is 121 Å². The van der Waals surface area contributed by atoms with Gasteiger partial charge in [-0.3, -0.25) is 0 Å². The number of hydrogen-bond acceptors (Lipinski definition) is 6. The normalized spacial score (nSPS) is 13.7. The maximum Gasteiger partial charge on any atom is 0.0536 e. The first kappa shape index (κ1) is 36.4. The van der Waals surface area contributed by atoms with E-state index in [4.69, 9.17) is 0 Å². The van der Waals surface area contributed by atoms with E-state index in [9.17, 15) is 0 Å². The van der Waals surface area contributed by atoms with Gasteiger partial charge in [-0.05, 0) is 90.7 Å². The third-order valence-electron chi connectivity index (χ3n) is 9.61. The number of aryl methyl sites for hydroxylation is 1. The Kier molecular flexibility index (Phi) is 12.3. The topological polar surface area (TPSA) is 0 Å². The highest BCUT2D eigenvalue weighted by molar-refractivity contribution is 8.11. The minimum atomic E-state index is 0.764. The highest BCUT2D eigenvalue weighted by Gasteiger charge is 2.18. The summed E-state index contributed by atoms with van der Waals surface area (Å²) in [6.45, 7) is 23.0. The lowest BCUT2D eigenvalue weighted by Crippen LogP contribution is -1.98. The summed E-state index contributed by atoms with van der Waals surface area (Å²) in [5.41, 5.74) is 0. The zero-order chi connectivity index (χ0) is 33.9. The molecule has 0 aliphatic rings. The molecule has 256 valence electrons. The molecular weight excluding hydrogens is 697 g/mol. The number of fused-ring (bicyclic) bond motifs is 6. The zero-order valence-corrected chi connectivity index (χ0v) is 34.6. The first-order valence-electron chi connectivity index (χ1n) is 18.0. The van der Waals surface area contributed by atoms with Crippen molar-refractivity contribution in [1.29, 1.82) is 0 Å². The molecule has 0 fully saturated rings. The fourth-order valence-corrected chi connectivity index (χ4v) is 13.6. The van der Waals surface area contributed by atoms with Crippen LogP contribution in [-0.4, -0.2) is 0 Å². The maximum absolute atomic E-state index is 4.48. The molecule has 0 saturated heterocycles. The van der Waals surface area contributed by atoms with Crippen LogP contribution >= 0.6 is 68.4 Å². The van der Waals surface area contributed by atoms with Gasteiger partial charge in [-0.2, -0.15) is 0 Å². The average Bonchev–Trinajstić information content (AvgIpc) is 3.84. The lowest BCUT2D eigenvalue weighted by Gasteiger charge is -2.13. The van der Waals surface area contributed by atoms with Crippen LogP contribution in [0.15, 0.2) is 54.5 Å². The molecule has 6 rings (SSSR count). The summed E-state index contributed by atoms with van der Waals surface area (Å²) in [6.07, 6.45) is 12.9. The van der Waals surface area contributed by atoms with Gasteiger partial charge >= 0.3 is 0 Å². The smallest absolute Gasteiger partial charge is 0.0536 e. The molecule has 2 unspecified atom stereocenters. The monoisotopic (exact) mass is 748 g/mol. The summed E-state index contributed by atoms with van der Waals surface area (Å²) in [5, 5.41) is 2.83. The van der Waals surface area contributed by atoms with Crippen molar-refractivity contribution in [3.8, 4) is 9.75 Å². The molecule has 5 aromatic heterocycles. The molecule has 2 atom stereocenters. The Morgan fingerprint density at radius 2 is 1.21 bits per heavy atom. The number of allylic oxidation sites excluding steroid dienone is 1. The van der Waals surface area contributed by atoms with Gasteiger partial charge in [0.2, 0.25) is 0 Å². The molecule has 48 heavy (non-hydrogen) atoms. The molecule has 1 aromatic carbocycles. The molecular formula is C42H52S6. The Morgan fingerprint density at radius 1 is 0.604 bits per heavy atom. The largest absolute Gasteiger partial charge is 0.139 e. The standard InChI is InChI=1S/C42H52S6/c1-25(2)11-9-13-27(5)15-17-29(7)43-30(8)35-23-39-41(47-35)32-21-37-33(22-36(32)45-39)42-40(46-37)24-38(48-42)34-20-19-31(44-34)18-16-28(6)14-10-12-26(3)4/h19-28H,7-18H2,1-6H3. The van der Waals surface area contributed by atoms with Gasteiger partial charge in [-0.1, -0.05) is 105 Å². The van der Waals surface area contributed by atoms with Crippen LogP contribution in [-0.2, 0) is 6.42 Å². The highest BCUT2D eigenvalue weighted by Crippen LogP contribution is 2.49. The maximum atomic E-state index is 4.48. The lowest BCUT2D eigenvalue weighted by molar-refractivity contribution is 0.437. The van der Waals surface area contributed by atoms with Gasteiger partial charge in [0.25, 0.3) is 0 Å². The summed E-state index contributed by atoms with van der Waals surface area (Å²) in [5.74, 6) is 3.21. The number of thiophene rings is 5. The lowest BCUT2D eigenvalue weighted by atomic mass is 9.96. The van der Waals surface area contributed by atoms with E-state index in [2.05, 4.69) is 91.1 Å². The third kappa shape index (κ3) is 8.90. The zero-order valence-electron chi connectivity index (χ0n) is 29.7. The SMILES string of the molecule is C=C(CCC(C)CCCC(C)C)SC(=C)c1cc2sc3cc4c(cc3c2s1)sc1cc(-c2ccc(CCC(C)CCCC(C)C)s2)sc14. The van der Waals surface area contributed by atoms with Crippen LogP contribution in [0, 0.1) is 23.7 Å². The van der Waals surface area contributed by atoms with Gasteiger partial charge in [0.15, 0.2) is 0 Å². The Balaban J connectivity index is 1.10. The van der Waals surface area contributed by atoms with E-state index in [1.807, 2.05) is 56.7 Å². The van der Waals surface area contributed by atoms with Crippen LogP contribution in [0.4, 0.5) is 0 Å². The number of hydrogen-bond donors (Lipinski definition) is 0. The van der Waals surface area contributed by atoms with E-state index < -0.39 is 0 Å². The predicted octanol–water partition coefficient (Wildman–Crippen LogP) is 17.1. The van der Waals surface area contributed by atoms with Gasteiger partial charge in [0, 0.05) is 54.0 Å². The van der Waals surface area contributed by atoms with Crippen LogP contribution in [0.1, 0.15) is 109 Å². The molecule has 0 spiro atoms. The second-order valence-corrected chi connectivity index (χ2v) is 21.6. The van der Waals surface area contributed by atoms with Gasteiger partial charge < -0.3 is 0 Å². The van der Waals surface area contributed by atoms with E-state index in [1.54, 1.807) is 11.8 Å². The Morgan fingerprint density at radius 3 is 1.85 bits per heavy atom. The summed E-state index contributed by atoms with van der Waals surface area (Å²) in [4.78, 5) is 8.08. The molecule has 6 heteroatoms. The number of rotatable bonds is 18. The quantitative estimate of drug-likeness (QED) is 0.0843. The molecule has 0 aliphatic carbocycles. The molecule has 0 N–H and O–H groups in total. The molecule has 0 nitrogen and oxygen atoms in total. The predicted molar refractivity (Wildman–Crippen MR) is 230 cm³/mol. The van der Waals surface area contributed by atoms with E-state index in [-0.39, 0.29) is 0 Å². The summed E-state index contributed by atoms with van der Waals surface area (Å²) in [7, 11) is 0. The number of benzene rings is 1. The van der Waals surface area contributed by atoms with Crippen molar-refractivity contribution < 1.29 is 0 Å². The molecule has 0 saturated carbocycles. The van der Waals surface area contributed by atoms with E-state index in [0.717, 1.165) is 35.0 Å². The molecule has 6 aromatic rings. The van der Waals surface area contributed by atoms with E-state index in [0.29, 0.717) is 0 Å². The average molecular weight is 749 g/mol. The molecule has 0 radical (unpaired) electrons. The fraction of sp³-hybridized carbons (Fsp3) is 0.476. The molecule has 0 aliphatic heterocycles. The van der Waals surface area contributed by atoms with Crippen LogP contribution in [0.5, 0.6) is 0 Å². The summed E-state index contributed by atoms with van der Waals surface area (Å²) >= 11 is 11.6. The van der Waals surface area contributed by atoms with Gasteiger partial charge in [0.05, 0.1) is 9.40 Å². The first-order valence-corrected chi connectivity index (χ1v) is 22.9. The molecule has 0 amide bonds. The van der Waals surface area contributed by atoms with Crippen molar-refractivity contribution in [3.63, 3.8) is 0 Å². The van der Waals surface area contributed by atoms with Gasteiger partial charge in [-0.25, -0.2) is 0 Å². The minimum absolute atomic E-state index is 0.764.